The van der Waals surface area contributed by atoms with Crippen molar-refractivity contribution in [2.45, 2.75) is 25.7 Å². The Balaban J connectivity index is 1.44. The number of alkyl halides is 1. The number of benzene rings is 1. The van der Waals surface area contributed by atoms with E-state index in [1.165, 1.54) is 18.2 Å². The quantitative estimate of drug-likeness (QED) is 0.577. The van der Waals surface area contributed by atoms with Crippen molar-refractivity contribution in [3.8, 4) is 5.75 Å². The molecule has 0 bridgehead atoms. The molecule has 10 nitrogen and oxygen atoms in total. The van der Waals surface area contributed by atoms with Gasteiger partial charge in [-0.3, -0.25) is 4.79 Å². The van der Waals surface area contributed by atoms with Gasteiger partial charge in [-0.2, -0.15) is 5.10 Å². The summed E-state index contributed by atoms with van der Waals surface area (Å²) in [5.41, 5.74) is 3.06. The molecule has 0 spiro atoms. The summed E-state index contributed by atoms with van der Waals surface area (Å²) in [7, 11) is 0. The highest BCUT2D eigenvalue weighted by Gasteiger charge is 2.29. The van der Waals surface area contributed by atoms with E-state index in [0.29, 0.717) is 55.5 Å². The summed E-state index contributed by atoms with van der Waals surface area (Å²) in [5, 5.41) is 18.2. The summed E-state index contributed by atoms with van der Waals surface area (Å²) in [6, 6.07) is 5.46. The highest BCUT2D eigenvalue weighted by atomic mass is 19.1. The number of fused-ring (bicyclic) bond motifs is 2. The molecule has 174 valence electrons. The van der Waals surface area contributed by atoms with Gasteiger partial charge in [0.1, 0.15) is 11.7 Å². The van der Waals surface area contributed by atoms with E-state index in [2.05, 4.69) is 20.3 Å². The largest absolute Gasteiger partial charge is 0.405 e. The second-order valence-electron chi connectivity index (χ2n) is 8.15. The van der Waals surface area contributed by atoms with Gasteiger partial charge in [-0.1, -0.05) is 0 Å². The number of halogens is 1. The van der Waals surface area contributed by atoms with Gasteiger partial charge in [-0.15, -0.1) is 5.06 Å². The first-order chi connectivity index (χ1) is 16.0. The van der Waals surface area contributed by atoms with E-state index in [0.717, 1.165) is 11.3 Å². The molecule has 5 rings (SSSR count). The van der Waals surface area contributed by atoms with Crippen molar-refractivity contribution in [3.63, 3.8) is 0 Å². The number of hydrogen-bond donors (Lipinski definition) is 2. The minimum Gasteiger partial charge on any atom is -0.405 e. The first-order valence-electron chi connectivity index (χ1n) is 10.8. The predicted molar refractivity (Wildman–Crippen MR) is 118 cm³/mol. The Kier molecular flexibility index (Phi) is 5.83. The number of anilines is 2. The van der Waals surface area contributed by atoms with Crippen LogP contribution in [0.5, 0.6) is 5.75 Å². The highest BCUT2D eigenvalue weighted by Crippen LogP contribution is 2.39. The molecule has 2 aliphatic rings. The number of nitrogens with zero attached hydrogens (tertiary/aromatic N) is 5. The average Bonchev–Trinajstić information content (AvgIpc) is 3.42. The standard InChI is InChI=1S/C22H25FN6O4/c1-14(30)17(23)13-28-12-15-9-18(19(10-20(15)33-28)27-5-7-32-8-6-27)26-22(31)16-11-25-29-4-2-3-24-21(16)29/h2-4,9-11,14,17,30H,5-8,12-13H2,1H3,(H,26,31)/t14-,17-/m0/s1. The fraction of sp³-hybridized carbons (Fsp3) is 0.409. The number of aromatic nitrogens is 3. The first-order valence-corrected chi connectivity index (χ1v) is 10.8. The Morgan fingerprint density at radius 1 is 1.33 bits per heavy atom. The van der Waals surface area contributed by atoms with Gasteiger partial charge >= 0.3 is 0 Å². The number of carbonyl (C=O) groups is 1. The molecule has 1 fully saturated rings. The van der Waals surface area contributed by atoms with Crippen LogP contribution >= 0.6 is 0 Å². The number of hydrogen-bond acceptors (Lipinski definition) is 8. The van der Waals surface area contributed by atoms with Crippen molar-refractivity contribution in [3.05, 3.63) is 47.9 Å². The SMILES string of the molecule is C[C@H](O)[C@@H](F)CN1Cc2cc(NC(=O)c3cnn4cccnc34)c(N3CCOCC3)cc2O1. The minimum atomic E-state index is -1.43. The molecule has 2 atom stereocenters. The Labute approximate surface area is 189 Å². The third-order valence-electron chi connectivity index (χ3n) is 5.78. The number of aliphatic hydroxyl groups is 1. The van der Waals surface area contributed by atoms with Gasteiger partial charge in [0, 0.05) is 37.1 Å². The maximum Gasteiger partial charge on any atom is 0.261 e. The Morgan fingerprint density at radius 3 is 2.94 bits per heavy atom. The van der Waals surface area contributed by atoms with Crippen LogP contribution in [0.3, 0.4) is 0 Å². The van der Waals surface area contributed by atoms with Crippen LogP contribution < -0.4 is 15.1 Å². The number of nitrogens with one attached hydrogen (secondary N) is 1. The van der Waals surface area contributed by atoms with E-state index in [1.54, 1.807) is 23.0 Å². The van der Waals surface area contributed by atoms with E-state index in [1.807, 2.05) is 12.1 Å². The number of rotatable bonds is 6. The molecule has 1 saturated heterocycles. The van der Waals surface area contributed by atoms with Crippen molar-refractivity contribution >= 4 is 22.9 Å². The van der Waals surface area contributed by atoms with Crippen molar-refractivity contribution in [2.75, 3.05) is 43.1 Å². The lowest BCUT2D eigenvalue weighted by Gasteiger charge is -2.30. The van der Waals surface area contributed by atoms with Crippen LogP contribution in [0.4, 0.5) is 15.8 Å². The van der Waals surface area contributed by atoms with E-state index >= 15 is 0 Å². The number of aliphatic hydroxyl groups excluding tert-OH is 1. The molecule has 0 unspecified atom stereocenters. The number of amides is 1. The molecule has 0 radical (unpaired) electrons. The van der Waals surface area contributed by atoms with Gasteiger partial charge in [0.15, 0.2) is 11.4 Å². The molecule has 33 heavy (non-hydrogen) atoms. The zero-order valence-corrected chi connectivity index (χ0v) is 18.1. The van der Waals surface area contributed by atoms with E-state index in [4.69, 9.17) is 9.57 Å². The van der Waals surface area contributed by atoms with Crippen LogP contribution in [0.1, 0.15) is 22.8 Å². The molecule has 11 heteroatoms. The molecule has 0 saturated carbocycles. The molecule has 1 amide bonds. The van der Waals surface area contributed by atoms with Crippen LogP contribution in [-0.4, -0.2) is 75.8 Å². The van der Waals surface area contributed by atoms with Gasteiger partial charge in [0.05, 0.1) is 50.0 Å². The second-order valence-corrected chi connectivity index (χ2v) is 8.15. The third-order valence-corrected chi connectivity index (χ3v) is 5.78. The molecular weight excluding hydrogens is 431 g/mol. The average molecular weight is 456 g/mol. The lowest BCUT2D eigenvalue weighted by Crippen LogP contribution is -2.36. The third kappa shape index (κ3) is 4.34. The van der Waals surface area contributed by atoms with Gasteiger partial charge in [-0.05, 0) is 19.1 Å². The smallest absolute Gasteiger partial charge is 0.261 e. The predicted octanol–water partition coefficient (Wildman–Crippen LogP) is 1.65. The van der Waals surface area contributed by atoms with Crippen molar-refractivity contribution in [2.24, 2.45) is 0 Å². The fourth-order valence-electron chi connectivity index (χ4n) is 3.98. The van der Waals surface area contributed by atoms with Crippen molar-refractivity contribution < 1.29 is 23.9 Å². The normalized spacial score (nSPS) is 18.1. The van der Waals surface area contributed by atoms with Crippen LogP contribution in [0.15, 0.2) is 36.8 Å². The number of morpholine rings is 1. The molecule has 2 N–H and O–H groups in total. The van der Waals surface area contributed by atoms with Crippen molar-refractivity contribution in [1.29, 1.82) is 0 Å². The number of ether oxygens (including phenoxy) is 1. The highest BCUT2D eigenvalue weighted by molar-refractivity contribution is 6.09. The van der Waals surface area contributed by atoms with Crippen LogP contribution in [-0.2, 0) is 11.3 Å². The van der Waals surface area contributed by atoms with Gasteiger partial charge in [-0.25, -0.2) is 13.9 Å². The topological polar surface area (TPSA) is 104 Å². The van der Waals surface area contributed by atoms with Crippen molar-refractivity contribution in [1.82, 2.24) is 19.7 Å². The van der Waals surface area contributed by atoms with E-state index < -0.39 is 12.3 Å². The van der Waals surface area contributed by atoms with Crippen LogP contribution in [0.25, 0.3) is 5.65 Å². The van der Waals surface area contributed by atoms with Gasteiger partial charge < -0.3 is 24.9 Å². The summed E-state index contributed by atoms with van der Waals surface area (Å²) in [6.45, 7) is 4.17. The van der Waals surface area contributed by atoms with Gasteiger partial charge in [0.25, 0.3) is 5.91 Å². The monoisotopic (exact) mass is 456 g/mol. The zero-order valence-electron chi connectivity index (χ0n) is 18.1. The molecule has 4 heterocycles. The summed E-state index contributed by atoms with van der Waals surface area (Å²) in [4.78, 5) is 25.4. The summed E-state index contributed by atoms with van der Waals surface area (Å²) >= 11 is 0. The maximum absolute atomic E-state index is 14.0. The fourth-order valence-corrected chi connectivity index (χ4v) is 3.98. The second kappa shape index (κ2) is 8.93. The molecule has 2 aromatic heterocycles. The van der Waals surface area contributed by atoms with Crippen LogP contribution in [0.2, 0.25) is 0 Å². The lowest BCUT2D eigenvalue weighted by atomic mass is 10.1. The van der Waals surface area contributed by atoms with Crippen LogP contribution in [0, 0.1) is 0 Å². The van der Waals surface area contributed by atoms with Gasteiger partial charge in [0.2, 0.25) is 0 Å². The summed E-state index contributed by atoms with van der Waals surface area (Å²) < 4.78 is 21.1. The first kappa shape index (κ1) is 21.6. The lowest BCUT2D eigenvalue weighted by molar-refractivity contribution is -0.0742. The molecule has 2 aliphatic heterocycles. The number of hydroxylamine groups is 2. The molecule has 1 aromatic carbocycles. The summed E-state index contributed by atoms with van der Waals surface area (Å²) in [6.07, 6.45) is 2.31. The maximum atomic E-state index is 14.0. The Morgan fingerprint density at radius 2 is 2.15 bits per heavy atom. The summed E-state index contributed by atoms with van der Waals surface area (Å²) in [5.74, 6) is 0.275. The minimum absolute atomic E-state index is 0.0605. The Bertz CT molecular complexity index is 1160. The number of carbonyl (C=O) groups excluding carboxylic acids is 1. The molecule has 0 aliphatic carbocycles. The zero-order chi connectivity index (χ0) is 22.9. The van der Waals surface area contributed by atoms with E-state index in [-0.39, 0.29) is 12.5 Å². The molecule has 3 aromatic rings. The molecular formula is C22H25FN6O4. The van der Waals surface area contributed by atoms with E-state index in [9.17, 15) is 14.3 Å². The Hall–Kier alpha value is -3.28.